The molecule has 0 aliphatic rings. The zero-order valence-electron chi connectivity index (χ0n) is 12.0. The van der Waals surface area contributed by atoms with Crippen molar-refractivity contribution in [3.63, 3.8) is 0 Å². The summed E-state index contributed by atoms with van der Waals surface area (Å²) in [5, 5.41) is 0.371. The van der Waals surface area contributed by atoms with Crippen LogP contribution in [0.1, 0.15) is 0 Å². The molecule has 5 nitrogen and oxygen atoms in total. The predicted octanol–water partition coefficient (Wildman–Crippen LogP) is 2.71. The molecule has 0 spiro atoms. The SMILES string of the molecule is COc1cccc(OCCNS(=O)(=O)c2cccc(Cl)c2)c1. The Labute approximate surface area is 134 Å². The van der Waals surface area contributed by atoms with E-state index >= 15 is 0 Å². The summed E-state index contributed by atoms with van der Waals surface area (Å²) in [5.41, 5.74) is 0. The molecule has 1 N–H and O–H groups in total. The second-order valence-corrected chi connectivity index (χ2v) is 6.59. The van der Waals surface area contributed by atoms with Gasteiger partial charge in [0.2, 0.25) is 10.0 Å². The molecule has 0 bridgehead atoms. The van der Waals surface area contributed by atoms with Crippen LogP contribution in [-0.2, 0) is 10.0 Å². The number of rotatable bonds is 7. The Bertz CT molecular complexity index is 734. The van der Waals surface area contributed by atoms with Gasteiger partial charge in [0.05, 0.1) is 12.0 Å². The van der Waals surface area contributed by atoms with Gasteiger partial charge in [0, 0.05) is 17.6 Å². The Morgan fingerprint density at radius 3 is 2.55 bits per heavy atom. The van der Waals surface area contributed by atoms with E-state index in [9.17, 15) is 8.42 Å². The van der Waals surface area contributed by atoms with Gasteiger partial charge in [-0.1, -0.05) is 23.7 Å². The van der Waals surface area contributed by atoms with Crippen LogP contribution in [-0.4, -0.2) is 28.7 Å². The van der Waals surface area contributed by atoms with E-state index < -0.39 is 10.0 Å². The Kier molecular flexibility index (Phi) is 5.65. The molecule has 2 aromatic rings. The highest BCUT2D eigenvalue weighted by Crippen LogP contribution is 2.18. The molecule has 2 aromatic carbocycles. The predicted molar refractivity (Wildman–Crippen MR) is 85.1 cm³/mol. The van der Waals surface area contributed by atoms with Gasteiger partial charge in [0.15, 0.2) is 0 Å². The maximum Gasteiger partial charge on any atom is 0.240 e. The minimum atomic E-state index is -3.59. The first-order valence-corrected chi connectivity index (χ1v) is 8.39. The van der Waals surface area contributed by atoms with Crippen LogP contribution in [0.4, 0.5) is 0 Å². The standard InChI is InChI=1S/C15H16ClNO4S/c1-20-13-5-3-6-14(11-13)21-9-8-17-22(18,19)15-7-2-4-12(16)10-15/h2-7,10-11,17H,8-9H2,1H3. The van der Waals surface area contributed by atoms with Gasteiger partial charge in [-0.2, -0.15) is 0 Å². The van der Waals surface area contributed by atoms with Crippen molar-refractivity contribution in [2.75, 3.05) is 20.3 Å². The smallest absolute Gasteiger partial charge is 0.240 e. The first-order valence-electron chi connectivity index (χ1n) is 6.53. The largest absolute Gasteiger partial charge is 0.497 e. The maximum atomic E-state index is 12.1. The molecule has 0 unspecified atom stereocenters. The zero-order chi connectivity index (χ0) is 16.0. The second-order valence-electron chi connectivity index (χ2n) is 4.38. The number of methoxy groups -OCH3 is 1. The van der Waals surface area contributed by atoms with Crippen molar-refractivity contribution < 1.29 is 17.9 Å². The van der Waals surface area contributed by atoms with Crippen LogP contribution < -0.4 is 14.2 Å². The summed E-state index contributed by atoms with van der Waals surface area (Å²) < 4.78 is 37.1. The Hall–Kier alpha value is -1.76. The highest BCUT2D eigenvalue weighted by molar-refractivity contribution is 7.89. The number of hydrogen-bond donors (Lipinski definition) is 1. The number of halogens is 1. The minimum absolute atomic E-state index is 0.126. The first kappa shape index (κ1) is 16.6. The van der Waals surface area contributed by atoms with E-state index in [0.29, 0.717) is 16.5 Å². The third-order valence-electron chi connectivity index (χ3n) is 2.81. The Balaban J connectivity index is 1.88. The van der Waals surface area contributed by atoms with Crippen LogP contribution >= 0.6 is 11.6 Å². The quantitative estimate of drug-likeness (QED) is 0.786. The molecular formula is C15H16ClNO4S. The molecule has 118 valence electrons. The monoisotopic (exact) mass is 341 g/mol. The molecule has 0 radical (unpaired) electrons. The highest BCUT2D eigenvalue weighted by atomic mass is 35.5. The van der Waals surface area contributed by atoms with Crippen molar-refractivity contribution in [1.82, 2.24) is 4.72 Å². The fourth-order valence-corrected chi connectivity index (χ4v) is 3.07. The van der Waals surface area contributed by atoms with Crippen molar-refractivity contribution in [3.8, 4) is 11.5 Å². The van der Waals surface area contributed by atoms with E-state index in [0.717, 1.165) is 0 Å². The molecule has 7 heteroatoms. The van der Waals surface area contributed by atoms with Crippen LogP contribution in [0.3, 0.4) is 0 Å². The number of hydrogen-bond acceptors (Lipinski definition) is 4. The summed E-state index contributed by atoms with van der Waals surface area (Å²) in [6.45, 7) is 0.346. The van der Waals surface area contributed by atoms with Gasteiger partial charge in [-0.05, 0) is 30.3 Å². The van der Waals surface area contributed by atoms with Gasteiger partial charge in [-0.3, -0.25) is 0 Å². The molecule has 0 heterocycles. The van der Waals surface area contributed by atoms with E-state index in [1.807, 2.05) is 0 Å². The fraction of sp³-hybridized carbons (Fsp3) is 0.200. The topological polar surface area (TPSA) is 64.6 Å². The molecule has 0 amide bonds. The van der Waals surface area contributed by atoms with E-state index in [2.05, 4.69) is 4.72 Å². The molecule has 22 heavy (non-hydrogen) atoms. The fourth-order valence-electron chi connectivity index (χ4n) is 1.75. The molecule has 0 aromatic heterocycles. The van der Waals surface area contributed by atoms with Crippen molar-refractivity contribution in [3.05, 3.63) is 53.6 Å². The highest BCUT2D eigenvalue weighted by Gasteiger charge is 2.13. The maximum absolute atomic E-state index is 12.1. The van der Waals surface area contributed by atoms with Gasteiger partial charge in [0.25, 0.3) is 0 Å². The zero-order valence-corrected chi connectivity index (χ0v) is 13.5. The number of benzene rings is 2. The van der Waals surface area contributed by atoms with Crippen LogP contribution in [0, 0.1) is 0 Å². The lowest BCUT2D eigenvalue weighted by Crippen LogP contribution is -2.28. The van der Waals surface area contributed by atoms with Gasteiger partial charge in [0.1, 0.15) is 18.1 Å². The number of nitrogens with one attached hydrogen (secondary N) is 1. The lowest BCUT2D eigenvalue weighted by Gasteiger charge is -2.09. The molecule has 2 rings (SSSR count). The van der Waals surface area contributed by atoms with Crippen molar-refractivity contribution >= 4 is 21.6 Å². The van der Waals surface area contributed by atoms with Crippen LogP contribution in [0.15, 0.2) is 53.4 Å². The molecule has 0 saturated carbocycles. The summed E-state index contributed by atoms with van der Waals surface area (Å²) >= 11 is 5.79. The molecule has 0 atom stereocenters. The van der Waals surface area contributed by atoms with Gasteiger partial charge in [-0.25, -0.2) is 13.1 Å². The van der Waals surface area contributed by atoms with Crippen molar-refractivity contribution in [2.45, 2.75) is 4.90 Å². The van der Waals surface area contributed by atoms with Crippen LogP contribution in [0.5, 0.6) is 11.5 Å². The lowest BCUT2D eigenvalue weighted by atomic mass is 10.3. The first-order chi connectivity index (χ1) is 10.5. The average molecular weight is 342 g/mol. The van der Waals surface area contributed by atoms with Crippen LogP contribution in [0.25, 0.3) is 0 Å². The normalized spacial score (nSPS) is 11.2. The van der Waals surface area contributed by atoms with Crippen LogP contribution in [0.2, 0.25) is 5.02 Å². The molecular weight excluding hydrogens is 326 g/mol. The summed E-state index contributed by atoms with van der Waals surface area (Å²) in [7, 11) is -2.02. The molecule has 0 saturated heterocycles. The number of ether oxygens (including phenoxy) is 2. The lowest BCUT2D eigenvalue weighted by molar-refractivity contribution is 0.320. The van der Waals surface area contributed by atoms with Gasteiger partial charge in [-0.15, -0.1) is 0 Å². The second kappa shape index (κ2) is 7.49. The van der Waals surface area contributed by atoms with E-state index in [-0.39, 0.29) is 18.0 Å². The summed E-state index contributed by atoms with van der Waals surface area (Å²) in [6.07, 6.45) is 0. The third-order valence-corrected chi connectivity index (χ3v) is 4.50. The van der Waals surface area contributed by atoms with Crippen molar-refractivity contribution in [2.24, 2.45) is 0 Å². The Morgan fingerprint density at radius 1 is 1.09 bits per heavy atom. The van der Waals surface area contributed by atoms with Gasteiger partial charge >= 0.3 is 0 Å². The molecule has 0 aliphatic carbocycles. The molecule has 0 aliphatic heterocycles. The third kappa shape index (κ3) is 4.62. The summed E-state index contributed by atoms with van der Waals surface area (Å²) in [4.78, 5) is 0.126. The van der Waals surface area contributed by atoms with E-state index in [4.69, 9.17) is 21.1 Å². The van der Waals surface area contributed by atoms with E-state index in [1.54, 1.807) is 43.5 Å². The van der Waals surface area contributed by atoms with E-state index in [1.165, 1.54) is 12.1 Å². The number of sulfonamides is 1. The summed E-state index contributed by atoms with van der Waals surface area (Å²) in [6, 6.07) is 13.2. The average Bonchev–Trinajstić information content (AvgIpc) is 2.52. The van der Waals surface area contributed by atoms with Crippen molar-refractivity contribution in [1.29, 1.82) is 0 Å². The Morgan fingerprint density at radius 2 is 1.82 bits per heavy atom. The minimum Gasteiger partial charge on any atom is -0.497 e. The summed E-state index contributed by atoms with van der Waals surface area (Å²) in [5.74, 6) is 1.29. The van der Waals surface area contributed by atoms with Gasteiger partial charge < -0.3 is 9.47 Å². The molecule has 0 fully saturated rings.